The molecule has 0 spiro atoms. The molecule has 9 heteroatoms. The molecule has 3 N–H and O–H groups in total. The summed E-state index contributed by atoms with van der Waals surface area (Å²) in [7, 11) is 0. The van der Waals surface area contributed by atoms with Crippen molar-refractivity contribution in [3.05, 3.63) is 55.3 Å². The van der Waals surface area contributed by atoms with Crippen molar-refractivity contribution < 1.29 is 19.1 Å². The zero-order valence-corrected chi connectivity index (χ0v) is 15.5. The highest BCUT2D eigenvalue weighted by atomic mass is 79.9. The van der Waals surface area contributed by atoms with Gasteiger partial charge < -0.3 is 10.5 Å². The second-order valence-electron chi connectivity index (χ2n) is 5.62. The molecule has 0 unspecified atom stereocenters. The van der Waals surface area contributed by atoms with E-state index in [1.807, 2.05) is 0 Å². The van der Waals surface area contributed by atoms with Crippen LogP contribution in [0.3, 0.4) is 0 Å². The fraction of sp³-hybridized carbons (Fsp3) is 0.176. The van der Waals surface area contributed by atoms with Crippen LogP contribution in [0.1, 0.15) is 43.6 Å². The van der Waals surface area contributed by atoms with Gasteiger partial charge in [0, 0.05) is 10.5 Å². The monoisotopic (exact) mass is 419 g/mol. The van der Waals surface area contributed by atoms with Crippen LogP contribution < -0.4 is 16.6 Å². The van der Waals surface area contributed by atoms with E-state index in [0.29, 0.717) is 21.3 Å². The number of esters is 1. The molecule has 2 aromatic rings. The first-order valence-corrected chi connectivity index (χ1v) is 8.44. The molecular formula is C17H14BrN3O5. The lowest BCUT2D eigenvalue weighted by Crippen LogP contribution is -2.25. The summed E-state index contributed by atoms with van der Waals surface area (Å²) in [5, 5.41) is 2.11. The zero-order valence-electron chi connectivity index (χ0n) is 13.9. The summed E-state index contributed by atoms with van der Waals surface area (Å²) in [6, 6.07) is 4.13. The Hall–Kier alpha value is -2.94. The van der Waals surface area contributed by atoms with Crippen LogP contribution in [0, 0.1) is 6.92 Å². The van der Waals surface area contributed by atoms with E-state index in [1.54, 1.807) is 19.9 Å². The van der Waals surface area contributed by atoms with Gasteiger partial charge in [-0.3, -0.25) is 24.3 Å². The van der Waals surface area contributed by atoms with Gasteiger partial charge in [0.1, 0.15) is 5.82 Å². The molecule has 1 aliphatic rings. The van der Waals surface area contributed by atoms with Crippen LogP contribution in [0.5, 0.6) is 0 Å². The third-order valence-corrected chi connectivity index (χ3v) is 4.55. The Balaban J connectivity index is 2.24. The van der Waals surface area contributed by atoms with E-state index < -0.39 is 23.3 Å². The van der Waals surface area contributed by atoms with Crippen molar-refractivity contribution in [2.24, 2.45) is 0 Å². The number of nitrogens with zero attached hydrogens (tertiary/aromatic N) is 1. The van der Waals surface area contributed by atoms with Crippen molar-refractivity contribution in [1.82, 2.24) is 9.88 Å². The topological polar surface area (TPSA) is 120 Å². The molecule has 134 valence electrons. The number of carbonyl (C=O) groups excluding carboxylic acids is 3. The molecule has 0 radical (unpaired) electrons. The minimum Gasteiger partial charge on any atom is -0.462 e. The first-order valence-electron chi connectivity index (χ1n) is 7.65. The number of fused-ring (bicyclic) bond motifs is 1. The lowest BCUT2D eigenvalue weighted by Gasteiger charge is -2.17. The number of anilines is 1. The molecule has 2 heterocycles. The van der Waals surface area contributed by atoms with Crippen LogP contribution >= 0.6 is 15.9 Å². The number of pyridine rings is 1. The van der Waals surface area contributed by atoms with Crippen LogP contribution in [0.15, 0.2) is 27.5 Å². The first-order chi connectivity index (χ1) is 12.3. The molecule has 26 heavy (non-hydrogen) atoms. The maximum Gasteiger partial charge on any atom is 0.338 e. The van der Waals surface area contributed by atoms with Crippen molar-refractivity contribution in [1.29, 1.82) is 0 Å². The molecule has 0 atom stereocenters. The molecule has 0 saturated heterocycles. The van der Waals surface area contributed by atoms with Crippen molar-refractivity contribution in [2.75, 3.05) is 12.3 Å². The Morgan fingerprint density at radius 3 is 2.54 bits per heavy atom. The number of benzene rings is 1. The third-order valence-electron chi connectivity index (χ3n) is 3.94. The minimum atomic E-state index is -0.659. The molecule has 0 fully saturated rings. The molecule has 8 nitrogen and oxygen atoms in total. The van der Waals surface area contributed by atoms with Gasteiger partial charge in [-0.05, 0) is 47.5 Å². The van der Waals surface area contributed by atoms with E-state index in [9.17, 15) is 19.2 Å². The predicted molar refractivity (Wildman–Crippen MR) is 96.6 cm³/mol. The molecule has 1 aromatic heterocycles. The Kier molecular flexibility index (Phi) is 4.41. The second-order valence-corrected chi connectivity index (χ2v) is 6.47. The Labute approximate surface area is 156 Å². The number of aromatic nitrogens is 1. The highest BCUT2D eigenvalue weighted by molar-refractivity contribution is 9.10. The van der Waals surface area contributed by atoms with Crippen LogP contribution in [-0.2, 0) is 4.74 Å². The van der Waals surface area contributed by atoms with Crippen molar-refractivity contribution >= 4 is 39.5 Å². The lowest BCUT2D eigenvalue weighted by atomic mass is 10.1. The number of carbonyl (C=O) groups is 3. The third kappa shape index (κ3) is 2.70. The van der Waals surface area contributed by atoms with Crippen molar-refractivity contribution in [2.45, 2.75) is 13.8 Å². The average Bonchev–Trinajstić information content (AvgIpc) is 2.83. The Morgan fingerprint density at radius 2 is 1.92 bits per heavy atom. The molecule has 0 aliphatic carbocycles. The van der Waals surface area contributed by atoms with Gasteiger partial charge in [0.2, 0.25) is 0 Å². The average molecular weight is 420 g/mol. The molecule has 0 saturated carbocycles. The SMILES string of the molecule is CCOC(=O)c1cc(C)c(-n2c(N)c3c(cc2=O)C(=O)NC3=O)c(Br)c1. The Bertz CT molecular complexity index is 1020. The molecule has 1 aromatic carbocycles. The maximum absolute atomic E-state index is 12.6. The van der Waals surface area contributed by atoms with Crippen LogP contribution in [0.4, 0.5) is 5.82 Å². The number of halogens is 1. The zero-order chi connectivity index (χ0) is 19.2. The number of nitrogen functional groups attached to an aromatic ring is 1. The number of imide groups is 1. The van der Waals surface area contributed by atoms with E-state index in [4.69, 9.17) is 10.5 Å². The van der Waals surface area contributed by atoms with Gasteiger partial charge in [-0.25, -0.2) is 4.79 Å². The quantitative estimate of drug-likeness (QED) is 0.574. The summed E-state index contributed by atoms with van der Waals surface area (Å²) in [4.78, 5) is 48.2. The van der Waals surface area contributed by atoms with Gasteiger partial charge in [0.15, 0.2) is 0 Å². The van der Waals surface area contributed by atoms with Gasteiger partial charge in [-0.15, -0.1) is 0 Å². The number of aryl methyl sites for hydroxylation is 1. The van der Waals surface area contributed by atoms with Crippen molar-refractivity contribution in [3.8, 4) is 5.69 Å². The number of amides is 2. The smallest absolute Gasteiger partial charge is 0.338 e. The molecule has 2 amide bonds. The van der Waals surface area contributed by atoms with Crippen molar-refractivity contribution in [3.63, 3.8) is 0 Å². The van der Waals surface area contributed by atoms with E-state index in [2.05, 4.69) is 21.2 Å². The number of nitrogens with one attached hydrogen (secondary N) is 1. The van der Waals surface area contributed by atoms with E-state index >= 15 is 0 Å². The minimum absolute atomic E-state index is 0.0460. The molecule has 0 bridgehead atoms. The van der Waals surface area contributed by atoms with E-state index in [-0.39, 0.29) is 23.6 Å². The van der Waals surface area contributed by atoms with Gasteiger partial charge >= 0.3 is 5.97 Å². The second kappa shape index (κ2) is 6.41. The number of hydrogen-bond acceptors (Lipinski definition) is 6. The van der Waals surface area contributed by atoms with E-state index in [0.717, 1.165) is 10.6 Å². The standard InChI is InChI=1S/C17H14BrN3O5/c1-3-26-17(25)8-4-7(2)13(10(18)5-8)21-11(22)6-9-12(14(21)19)16(24)20-15(9)23/h4-6H,3,19H2,1-2H3,(H,20,23,24). The number of nitrogens with two attached hydrogens (primary N) is 1. The number of hydrogen-bond donors (Lipinski definition) is 2. The summed E-state index contributed by atoms with van der Waals surface area (Å²) in [5.74, 6) is -1.96. The van der Waals surface area contributed by atoms with E-state index in [1.165, 1.54) is 6.07 Å². The summed E-state index contributed by atoms with van der Waals surface area (Å²) in [6.07, 6.45) is 0. The maximum atomic E-state index is 12.6. The van der Waals surface area contributed by atoms with Gasteiger partial charge in [0.25, 0.3) is 17.4 Å². The summed E-state index contributed by atoms with van der Waals surface area (Å²) < 4.78 is 6.52. The summed E-state index contributed by atoms with van der Waals surface area (Å²) >= 11 is 3.34. The highest BCUT2D eigenvalue weighted by Gasteiger charge is 2.32. The summed E-state index contributed by atoms with van der Waals surface area (Å²) in [6.45, 7) is 3.62. The lowest BCUT2D eigenvalue weighted by molar-refractivity contribution is 0.0525. The summed E-state index contributed by atoms with van der Waals surface area (Å²) in [5.41, 5.74) is 6.61. The van der Waals surface area contributed by atoms with Gasteiger partial charge in [-0.1, -0.05) is 0 Å². The molecule has 3 rings (SSSR count). The predicted octanol–water partition coefficient (Wildman–Crippen LogP) is 1.55. The fourth-order valence-electron chi connectivity index (χ4n) is 2.86. The highest BCUT2D eigenvalue weighted by Crippen LogP contribution is 2.30. The largest absolute Gasteiger partial charge is 0.462 e. The fourth-order valence-corrected chi connectivity index (χ4v) is 3.60. The van der Waals surface area contributed by atoms with Crippen LogP contribution in [0.2, 0.25) is 0 Å². The Morgan fingerprint density at radius 1 is 1.23 bits per heavy atom. The van der Waals surface area contributed by atoms with Gasteiger partial charge in [0.05, 0.1) is 29.0 Å². The first kappa shape index (κ1) is 17.9. The molecular weight excluding hydrogens is 406 g/mol. The van der Waals surface area contributed by atoms with Crippen LogP contribution in [-0.4, -0.2) is 29.0 Å². The van der Waals surface area contributed by atoms with Crippen LogP contribution in [0.25, 0.3) is 5.69 Å². The number of ether oxygens (including phenoxy) is 1. The molecule has 1 aliphatic heterocycles. The number of rotatable bonds is 3. The van der Waals surface area contributed by atoms with Gasteiger partial charge in [-0.2, -0.15) is 0 Å². The normalized spacial score (nSPS) is 12.7.